The van der Waals surface area contributed by atoms with Crippen LogP contribution in [0.15, 0.2) is 17.6 Å². The van der Waals surface area contributed by atoms with E-state index in [2.05, 4.69) is 4.98 Å². The molecule has 0 fully saturated rings. The molecule has 1 nitrogen and oxygen atoms in total. The Morgan fingerprint density at radius 2 is 2.15 bits per heavy atom. The summed E-state index contributed by atoms with van der Waals surface area (Å²) >= 11 is 1.47. The van der Waals surface area contributed by atoms with E-state index in [4.69, 9.17) is 0 Å². The van der Waals surface area contributed by atoms with E-state index in [9.17, 15) is 4.39 Å². The Morgan fingerprint density at radius 3 is 2.85 bits per heavy atom. The molecular formula is C10H10FNS. The van der Waals surface area contributed by atoms with Crippen molar-refractivity contribution in [2.75, 3.05) is 0 Å². The summed E-state index contributed by atoms with van der Waals surface area (Å²) in [5.74, 6) is 0.0952. The highest BCUT2D eigenvalue weighted by Crippen LogP contribution is 2.25. The van der Waals surface area contributed by atoms with Crippen LogP contribution in [0.25, 0.3) is 10.2 Å². The van der Waals surface area contributed by atoms with Gasteiger partial charge in [-0.25, -0.2) is 9.37 Å². The summed E-state index contributed by atoms with van der Waals surface area (Å²) in [4.78, 5) is 4.15. The van der Waals surface area contributed by atoms with Crippen molar-refractivity contribution in [3.63, 3.8) is 0 Å². The number of aromatic nitrogens is 1. The molecule has 0 aliphatic heterocycles. The van der Waals surface area contributed by atoms with Gasteiger partial charge in [-0.05, 0) is 23.6 Å². The molecule has 0 amide bonds. The fourth-order valence-corrected chi connectivity index (χ4v) is 2.02. The SMILES string of the molecule is CC(C)c1cc2ncsc2cc1F. The van der Waals surface area contributed by atoms with Crippen LogP contribution in [-0.2, 0) is 0 Å². The van der Waals surface area contributed by atoms with E-state index in [0.717, 1.165) is 15.8 Å². The van der Waals surface area contributed by atoms with E-state index in [1.807, 2.05) is 19.9 Å². The van der Waals surface area contributed by atoms with Crippen molar-refractivity contribution in [2.24, 2.45) is 0 Å². The van der Waals surface area contributed by atoms with Gasteiger partial charge in [0.25, 0.3) is 0 Å². The first kappa shape index (κ1) is 8.63. The maximum atomic E-state index is 13.4. The Morgan fingerprint density at radius 1 is 1.38 bits per heavy atom. The van der Waals surface area contributed by atoms with Crippen LogP contribution in [0.3, 0.4) is 0 Å². The second-order valence-electron chi connectivity index (χ2n) is 3.35. The lowest BCUT2D eigenvalue weighted by molar-refractivity contribution is 0.600. The maximum Gasteiger partial charge on any atom is 0.128 e. The summed E-state index contributed by atoms with van der Waals surface area (Å²) in [5, 5.41) is 0. The molecule has 0 saturated heterocycles. The van der Waals surface area contributed by atoms with Gasteiger partial charge in [0.15, 0.2) is 0 Å². The highest BCUT2D eigenvalue weighted by atomic mass is 32.1. The molecule has 0 atom stereocenters. The molecular weight excluding hydrogens is 185 g/mol. The van der Waals surface area contributed by atoms with Crippen LogP contribution in [0.1, 0.15) is 25.3 Å². The highest BCUT2D eigenvalue weighted by molar-refractivity contribution is 7.16. The third kappa shape index (κ3) is 1.44. The first-order chi connectivity index (χ1) is 6.18. The molecule has 0 radical (unpaired) electrons. The predicted molar refractivity (Wildman–Crippen MR) is 53.7 cm³/mol. The average Bonchev–Trinajstić information content (AvgIpc) is 2.48. The molecule has 0 aliphatic rings. The normalized spacial score (nSPS) is 11.4. The van der Waals surface area contributed by atoms with Crippen molar-refractivity contribution >= 4 is 21.6 Å². The second kappa shape index (κ2) is 3.07. The van der Waals surface area contributed by atoms with Crippen molar-refractivity contribution in [3.8, 4) is 0 Å². The van der Waals surface area contributed by atoms with Crippen LogP contribution in [0.4, 0.5) is 4.39 Å². The Balaban J connectivity index is 2.69. The number of thiazole rings is 1. The Labute approximate surface area is 80.2 Å². The van der Waals surface area contributed by atoms with E-state index in [-0.39, 0.29) is 11.7 Å². The fraction of sp³-hybridized carbons (Fsp3) is 0.300. The van der Waals surface area contributed by atoms with E-state index in [0.29, 0.717) is 0 Å². The van der Waals surface area contributed by atoms with Gasteiger partial charge in [-0.15, -0.1) is 11.3 Å². The third-order valence-corrected chi connectivity index (χ3v) is 2.86. The number of halogens is 1. The zero-order valence-electron chi connectivity index (χ0n) is 7.54. The topological polar surface area (TPSA) is 12.9 Å². The van der Waals surface area contributed by atoms with Gasteiger partial charge in [0, 0.05) is 0 Å². The third-order valence-electron chi connectivity index (χ3n) is 2.07. The highest BCUT2D eigenvalue weighted by Gasteiger charge is 2.09. The van der Waals surface area contributed by atoms with E-state index in [1.54, 1.807) is 11.6 Å². The summed E-state index contributed by atoms with van der Waals surface area (Å²) in [6.07, 6.45) is 0. The molecule has 0 aliphatic carbocycles. The molecule has 3 heteroatoms. The fourth-order valence-electron chi connectivity index (χ4n) is 1.34. The molecule has 0 unspecified atom stereocenters. The maximum absolute atomic E-state index is 13.4. The number of benzene rings is 1. The Kier molecular flexibility index (Phi) is 2.04. The first-order valence-electron chi connectivity index (χ1n) is 4.21. The van der Waals surface area contributed by atoms with E-state index < -0.39 is 0 Å². The quantitative estimate of drug-likeness (QED) is 0.678. The Bertz CT molecular complexity index is 433. The van der Waals surface area contributed by atoms with Crippen molar-refractivity contribution in [2.45, 2.75) is 19.8 Å². The molecule has 0 bridgehead atoms. The lowest BCUT2D eigenvalue weighted by Gasteiger charge is -2.05. The number of nitrogens with zero attached hydrogens (tertiary/aromatic N) is 1. The monoisotopic (exact) mass is 195 g/mol. The van der Waals surface area contributed by atoms with Gasteiger partial charge in [-0.2, -0.15) is 0 Å². The van der Waals surface area contributed by atoms with Gasteiger partial charge in [0.2, 0.25) is 0 Å². The van der Waals surface area contributed by atoms with Gasteiger partial charge in [0.1, 0.15) is 5.82 Å². The molecule has 2 rings (SSSR count). The van der Waals surface area contributed by atoms with Gasteiger partial charge in [-0.1, -0.05) is 13.8 Å². The molecule has 1 aromatic heterocycles. The van der Waals surface area contributed by atoms with Crippen LogP contribution < -0.4 is 0 Å². The number of rotatable bonds is 1. The van der Waals surface area contributed by atoms with Gasteiger partial charge >= 0.3 is 0 Å². The van der Waals surface area contributed by atoms with Crippen LogP contribution in [0.5, 0.6) is 0 Å². The number of hydrogen-bond donors (Lipinski definition) is 0. The summed E-state index contributed by atoms with van der Waals surface area (Å²) in [6.45, 7) is 3.97. The number of fused-ring (bicyclic) bond motifs is 1. The van der Waals surface area contributed by atoms with E-state index in [1.165, 1.54) is 11.3 Å². The zero-order chi connectivity index (χ0) is 9.42. The molecule has 0 saturated carbocycles. The summed E-state index contributed by atoms with van der Waals surface area (Å²) in [6, 6.07) is 3.41. The van der Waals surface area contributed by atoms with Gasteiger partial charge in [0.05, 0.1) is 15.7 Å². The van der Waals surface area contributed by atoms with Crippen molar-refractivity contribution in [1.82, 2.24) is 4.98 Å². The molecule has 1 aromatic carbocycles. The Hall–Kier alpha value is -0.960. The zero-order valence-corrected chi connectivity index (χ0v) is 8.36. The molecule has 0 N–H and O–H groups in total. The first-order valence-corrected chi connectivity index (χ1v) is 5.09. The molecule has 2 aromatic rings. The average molecular weight is 195 g/mol. The largest absolute Gasteiger partial charge is 0.245 e. The van der Waals surface area contributed by atoms with Crippen LogP contribution in [0.2, 0.25) is 0 Å². The predicted octanol–water partition coefficient (Wildman–Crippen LogP) is 3.56. The molecule has 13 heavy (non-hydrogen) atoms. The lowest BCUT2D eigenvalue weighted by Crippen LogP contribution is -1.92. The van der Waals surface area contributed by atoms with E-state index >= 15 is 0 Å². The second-order valence-corrected chi connectivity index (χ2v) is 4.23. The van der Waals surface area contributed by atoms with Gasteiger partial charge in [-0.3, -0.25) is 0 Å². The van der Waals surface area contributed by atoms with Crippen LogP contribution >= 0.6 is 11.3 Å². The molecule has 68 valence electrons. The molecule has 1 heterocycles. The minimum Gasteiger partial charge on any atom is -0.245 e. The molecule has 0 spiro atoms. The van der Waals surface area contributed by atoms with Crippen LogP contribution in [0, 0.1) is 5.82 Å². The summed E-state index contributed by atoms with van der Waals surface area (Å²) in [7, 11) is 0. The van der Waals surface area contributed by atoms with Crippen molar-refractivity contribution in [3.05, 3.63) is 29.0 Å². The minimum absolute atomic E-state index is 0.119. The smallest absolute Gasteiger partial charge is 0.128 e. The van der Waals surface area contributed by atoms with Crippen LogP contribution in [-0.4, -0.2) is 4.98 Å². The van der Waals surface area contributed by atoms with Gasteiger partial charge < -0.3 is 0 Å². The standard InChI is InChI=1S/C10H10FNS/c1-6(2)7-3-9-10(4-8(7)11)13-5-12-9/h3-6H,1-2H3. The van der Waals surface area contributed by atoms with Crippen molar-refractivity contribution in [1.29, 1.82) is 0 Å². The van der Waals surface area contributed by atoms with Crippen molar-refractivity contribution < 1.29 is 4.39 Å². The number of hydrogen-bond acceptors (Lipinski definition) is 2. The lowest BCUT2D eigenvalue weighted by atomic mass is 10.0. The summed E-state index contributed by atoms with van der Waals surface area (Å²) in [5.41, 5.74) is 3.39. The minimum atomic E-state index is -0.119. The summed E-state index contributed by atoms with van der Waals surface area (Å²) < 4.78 is 14.3.